The lowest BCUT2D eigenvalue weighted by Crippen LogP contribution is -2.43. The van der Waals surface area contributed by atoms with Gasteiger partial charge in [-0.15, -0.1) is 0 Å². The molecular weight excluding hydrogens is 375 g/mol. The predicted molar refractivity (Wildman–Crippen MR) is 96.8 cm³/mol. The van der Waals surface area contributed by atoms with Crippen LogP contribution >= 0.6 is 0 Å². The topological polar surface area (TPSA) is 102 Å². The molecule has 1 aliphatic rings. The maximum absolute atomic E-state index is 12.9. The molecule has 1 amide bonds. The van der Waals surface area contributed by atoms with Gasteiger partial charge in [0.2, 0.25) is 10.0 Å². The summed E-state index contributed by atoms with van der Waals surface area (Å²) < 4.78 is 44.0. The number of halogens is 1. The first-order valence-corrected chi connectivity index (χ1v) is 10.5. The molecule has 0 heterocycles. The van der Waals surface area contributed by atoms with Crippen molar-refractivity contribution < 1.29 is 27.1 Å². The number of amides is 1. The highest BCUT2D eigenvalue weighted by Gasteiger charge is 2.23. The summed E-state index contributed by atoms with van der Waals surface area (Å²) in [4.78, 5) is 23.8. The average molecular weight is 400 g/mol. The van der Waals surface area contributed by atoms with Gasteiger partial charge >= 0.3 is 5.97 Å². The van der Waals surface area contributed by atoms with Crippen LogP contribution in [0.4, 0.5) is 4.39 Å². The zero-order valence-electron chi connectivity index (χ0n) is 15.2. The monoisotopic (exact) mass is 400 g/mol. The van der Waals surface area contributed by atoms with Gasteiger partial charge in [-0.05, 0) is 44.0 Å². The first-order valence-electron chi connectivity index (χ1n) is 9.03. The fourth-order valence-electron chi connectivity index (χ4n) is 2.89. The van der Waals surface area contributed by atoms with Crippen LogP contribution in [0.15, 0.2) is 29.2 Å². The molecule has 27 heavy (non-hydrogen) atoms. The minimum absolute atomic E-state index is 0.0816. The molecule has 7 nitrogen and oxygen atoms in total. The van der Waals surface area contributed by atoms with Gasteiger partial charge in [0.05, 0.1) is 4.90 Å². The second kappa shape index (κ2) is 9.80. The van der Waals surface area contributed by atoms with E-state index in [1.165, 1.54) is 6.92 Å². The van der Waals surface area contributed by atoms with Crippen molar-refractivity contribution in [3.05, 3.63) is 30.1 Å². The van der Waals surface area contributed by atoms with Crippen LogP contribution in [0.5, 0.6) is 0 Å². The Morgan fingerprint density at radius 2 is 1.74 bits per heavy atom. The molecule has 0 aliphatic heterocycles. The van der Waals surface area contributed by atoms with Crippen molar-refractivity contribution in [1.82, 2.24) is 10.0 Å². The van der Waals surface area contributed by atoms with Crippen LogP contribution in [-0.2, 0) is 24.3 Å². The van der Waals surface area contributed by atoms with E-state index in [2.05, 4.69) is 10.0 Å². The van der Waals surface area contributed by atoms with Gasteiger partial charge in [0.1, 0.15) is 12.4 Å². The maximum atomic E-state index is 12.9. The Morgan fingerprint density at radius 1 is 1.15 bits per heavy atom. The molecule has 1 aromatic rings. The largest absolute Gasteiger partial charge is 0.452 e. The molecule has 0 aromatic heterocycles. The van der Waals surface area contributed by atoms with Crippen LogP contribution < -0.4 is 10.0 Å². The second-order valence-corrected chi connectivity index (χ2v) is 8.37. The number of benzene rings is 1. The Labute approximate surface area is 158 Å². The zero-order chi connectivity index (χ0) is 19.9. The van der Waals surface area contributed by atoms with E-state index in [1.807, 2.05) is 0 Å². The highest BCUT2D eigenvalue weighted by atomic mass is 32.2. The van der Waals surface area contributed by atoms with E-state index < -0.39 is 40.4 Å². The summed E-state index contributed by atoms with van der Waals surface area (Å²) in [5, 5.41) is 2.88. The minimum atomic E-state index is -3.97. The van der Waals surface area contributed by atoms with Gasteiger partial charge in [-0.2, -0.15) is 4.72 Å². The van der Waals surface area contributed by atoms with Crippen LogP contribution in [0, 0.1) is 5.82 Å². The van der Waals surface area contributed by atoms with E-state index in [0.29, 0.717) is 0 Å². The van der Waals surface area contributed by atoms with Crippen molar-refractivity contribution in [3.63, 3.8) is 0 Å². The molecule has 2 rings (SSSR count). The molecule has 1 aliphatic carbocycles. The van der Waals surface area contributed by atoms with E-state index in [0.717, 1.165) is 62.8 Å². The van der Waals surface area contributed by atoms with Gasteiger partial charge in [0, 0.05) is 6.04 Å². The van der Waals surface area contributed by atoms with Crippen molar-refractivity contribution >= 4 is 21.9 Å². The van der Waals surface area contributed by atoms with E-state index >= 15 is 0 Å². The number of esters is 1. The molecule has 150 valence electrons. The van der Waals surface area contributed by atoms with Crippen LogP contribution in [0.2, 0.25) is 0 Å². The first kappa shape index (κ1) is 21.3. The predicted octanol–water partition coefficient (Wildman–Crippen LogP) is 1.87. The summed E-state index contributed by atoms with van der Waals surface area (Å²) >= 11 is 0. The molecule has 2 N–H and O–H groups in total. The number of rotatable bonds is 7. The first-order chi connectivity index (χ1) is 12.8. The van der Waals surface area contributed by atoms with Crippen LogP contribution in [0.3, 0.4) is 0 Å². The molecule has 0 spiro atoms. The number of carbonyl (C=O) groups excluding carboxylic acids is 2. The summed E-state index contributed by atoms with van der Waals surface area (Å²) in [5.41, 5.74) is 0. The van der Waals surface area contributed by atoms with E-state index in [1.54, 1.807) is 0 Å². The zero-order valence-corrected chi connectivity index (χ0v) is 16.1. The quantitative estimate of drug-likeness (QED) is 0.537. The lowest BCUT2D eigenvalue weighted by atomic mass is 10.1. The Morgan fingerprint density at radius 3 is 2.33 bits per heavy atom. The van der Waals surface area contributed by atoms with Crippen molar-refractivity contribution in [3.8, 4) is 0 Å². The molecule has 0 radical (unpaired) electrons. The second-order valence-electron chi connectivity index (χ2n) is 6.61. The van der Waals surface area contributed by atoms with Gasteiger partial charge in [-0.3, -0.25) is 9.59 Å². The van der Waals surface area contributed by atoms with Crippen molar-refractivity contribution in [1.29, 1.82) is 0 Å². The third kappa shape index (κ3) is 6.91. The van der Waals surface area contributed by atoms with Crippen molar-refractivity contribution in [2.45, 2.75) is 62.5 Å². The third-order valence-electron chi connectivity index (χ3n) is 4.41. The summed E-state index contributed by atoms with van der Waals surface area (Å²) in [6.07, 6.45) is 5.23. The number of nitrogens with one attached hydrogen (secondary N) is 2. The normalized spacial score (nSPS) is 17.0. The van der Waals surface area contributed by atoms with Crippen LogP contribution in [-0.4, -0.2) is 39.0 Å². The standard InChI is InChI=1S/C18H25FN2O5S/c1-13(18(23)21-15-6-4-2-3-5-7-15)26-17(22)12-20-27(24,25)16-10-8-14(19)9-11-16/h8-11,13,15,20H,2-7,12H2,1H3,(H,21,23)/t13-/m0/s1. The Kier molecular flexibility index (Phi) is 7.73. The molecule has 1 aromatic carbocycles. The van der Waals surface area contributed by atoms with Crippen molar-refractivity contribution in [2.24, 2.45) is 0 Å². The molecule has 1 atom stereocenters. The summed E-state index contributed by atoms with van der Waals surface area (Å²) in [7, 11) is -3.97. The lowest BCUT2D eigenvalue weighted by molar-refractivity contribution is -0.153. The average Bonchev–Trinajstić information content (AvgIpc) is 2.89. The van der Waals surface area contributed by atoms with Gasteiger partial charge < -0.3 is 10.1 Å². The number of ether oxygens (including phenoxy) is 1. The van der Waals surface area contributed by atoms with Gasteiger partial charge in [0.25, 0.3) is 5.91 Å². The SMILES string of the molecule is C[C@H](OC(=O)CNS(=O)(=O)c1ccc(F)cc1)C(=O)NC1CCCCCC1. The molecule has 1 fully saturated rings. The van der Waals surface area contributed by atoms with E-state index in [9.17, 15) is 22.4 Å². The molecule has 0 saturated heterocycles. The fourth-order valence-corrected chi connectivity index (χ4v) is 3.85. The smallest absolute Gasteiger partial charge is 0.321 e. The maximum Gasteiger partial charge on any atom is 0.321 e. The molecular formula is C18H25FN2O5S. The lowest BCUT2D eigenvalue weighted by Gasteiger charge is -2.19. The highest BCUT2D eigenvalue weighted by Crippen LogP contribution is 2.17. The summed E-state index contributed by atoms with van der Waals surface area (Å²) in [5.74, 6) is -1.83. The van der Waals surface area contributed by atoms with E-state index in [4.69, 9.17) is 4.74 Å². The molecule has 0 bridgehead atoms. The van der Waals surface area contributed by atoms with E-state index in [-0.39, 0.29) is 10.9 Å². The Hall–Kier alpha value is -2.00. The summed E-state index contributed by atoms with van der Waals surface area (Å²) in [6.45, 7) is 0.819. The number of hydrogen-bond acceptors (Lipinski definition) is 5. The van der Waals surface area contributed by atoms with Gasteiger partial charge in [-0.25, -0.2) is 12.8 Å². The number of sulfonamides is 1. The minimum Gasteiger partial charge on any atom is -0.452 e. The molecule has 1 saturated carbocycles. The fraction of sp³-hybridized carbons (Fsp3) is 0.556. The Balaban J connectivity index is 1.80. The highest BCUT2D eigenvalue weighted by molar-refractivity contribution is 7.89. The van der Waals surface area contributed by atoms with Gasteiger partial charge in [0.15, 0.2) is 6.10 Å². The van der Waals surface area contributed by atoms with Crippen molar-refractivity contribution in [2.75, 3.05) is 6.54 Å². The number of carbonyl (C=O) groups is 2. The summed E-state index contributed by atoms with van der Waals surface area (Å²) in [6, 6.07) is 4.27. The molecule has 9 heteroatoms. The third-order valence-corrected chi connectivity index (χ3v) is 5.83. The van der Waals surface area contributed by atoms with Crippen LogP contribution in [0.25, 0.3) is 0 Å². The van der Waals surface area contributed by atoms with Crippen LogP contribution in [0.1, 0.15) is 45.4 Å². The van der Waals surface area contributed by atoms with Gasteiger partial charge in [-0.1, -0.05) is 25.7 Å². The number of hydrogen-bond donors (Lipinski definition) is 2. The Bertz CT molecular complexity index is 744. The molecule has 0 unspecified atom stereocenters.